The first kappa shape index (κ1) is 8.76. The Morgan fingerprint density at radius 2 is 2.00 bits per heavy atom. The first-order valence-electron chi connectivity index (χ1n) is 3.72. The number of carboxylic acid groups (broad SMARTS) is 1. The molecule has 6 heteroatoms. The van der Waals surface area contributed by atoms with Crippen LogP contribution in [0.15, 0.2) is 0 Å². The van der Waals surface area contributed by atoms with Gasteiger partial charge in [-0.15, -0.1) is 0 Å². The van der Waals surface area contributed by atoms with Crippen LogP contribution in [0.5, 0.6) is 0 Å². The monoisotopic (exact) mass is 174 g/mol. The molecule has 1 fully saturated rings. The third kappa shape index (κ3) is 1.84. The van der Waals surface area contributed by atoms with E-state index in [9.17, 15) is 14.9 Å². The molecule has 0 aromatic rings. The Hall–Kier alpha value is -1.33. The molecule has 1 aliphatic heterocycles. The van der Waals surface area contributed by atoms with Crippen LogP contribution in [0.2, 0.25) is 0 Å². The van der Waals surface area contributed by atoms with E-state index in [4.69, 9.17) is 5.11 Å². The van der Waals surface area contributed by atoms with E-state index >= 15 is 0 Å². The summed E-state index contributed by atoms with van der Waals surface area (Å²) in [4.78, 5) is 21.5. The molecule has 0 aromatic carbocycles. The van der Waals surface area contributed by atoms with Crippen LogP contribution < -0.4 is 0 Å². The predicted molar refractivity (Wildman–Crippen MR) is 39.6 cm³/mol. The maximum Gasteiger partial charge on any atom is 0.407 e. The van der Waals surface area contributed by atoms with E-state index in [1.807, 2.05) is 0 Å². The van der Waals surface area contributed by atoms with Crippen LogP contribution in [0.4, 0.5) is 4.79 Å². The quantitative estimate of drug-likeness (QED) is 0.460. The SMILES string of the molecule is O=C(O)N1CCC([N+](=O)[O-])CC1. The first-order chi connectivity index (χ1) is 5.61. The van der Waals surface area contributed by atoms with Crippen molar-refractivity contribution in [1.82, 2.24) is 4.90 Å². The predicted octanol–water partition coefficient (Wildman–Crippen LogP) is 0.405. The van der Waals surface area contributed by atoms with Gasteiger partial charge < -0.3 is 10.0 Å². The Kier molecular flexibility index (Phi) is 2.47. The average molecular weight is 174 g/mol. The van der Waals surface area contributed by atoms with Gasteiger partial charge in [0.15, 0.2) is 0 Å². The lowest BCUT2D eigenvalue weighted by molar-refractivity contribution is -0.526. The van der Waals surface area contributed by atoms with E-state index < -0.39 is 12.1 Å². The van der Waals surface area contributed by atoms with E-state index in [0.29, 0.717) is 12.8 Å². The van der Waals surface area contributed by atoms with Crippen LogP contribution in [0, 0.1) is 10.1 Å². The summed E-state index contributed by atoms with van der Waals surface area (Å²) in [7, 11) is 0. The van der Waals surface area contributed by atoms with Crippen molar-refractivity contribution in [3.8, 4) is 0 Å². The van der Waals surface area contributed by atoms with Gasteiger partial charge in [0, 0.05) is 30.9 Å². The maximum atomic E-state index is 10.4. The second-order valence-corrected chi connectivity index (χ2v) is 2.79. The highest BCUT2D eigenvalue weighted by atomic mass is 16.6. The van der Waals surface area contributed by atoms with Gasteiger partial charge in [-0.25, -0.2) is 4.79 Å². The van der Waals surface area contributed by atoms with E-state index in [0.717, 1.165) is 0 Å². The highest BCUT2D eigenvalue weighted by Gasteiger charge is 2.28. The number of hydrogen-bond donors (Lipinski definition) is 1. The van der Waals surface area contributed by atoms with Gasteiger partial charge in [-0.05, 0) is 0 Å². The first-order valence-corrected chi connectivity index (χ1v) is 3.72. The van der Waals surface area contributed by atoms with Crippen molar-refractivity contribution in [2.24, 2.45) is 0 Å². The molecule has 1 aliphatic rings. The van der Waals surface area contributed by atoms with Crippen molar-refractivity contribution < 1.29 is 14.8 Å². The van der Waals surface area contributed by atoms with Gasteiger partial charge in [-0.3, -0.25) is 10.1 Å². The van der Waals surface area contributed by atoms with Crippen molar-refractivity contribution in [3.63, 3.8) is 0 Å². The van der Waals surface area contributed by atoms with Crippen LogP contribution >= 0.6 is 0 Å². The molecule has 0 atom stereocenters. The number of carbonyl (C=O) groups is 1. The summed E-state index contributed by atoms with van der Waals surface area (Å²) in [6, 6.07) is -0.555. The zero-order valence-corrected chi connectivity index (χ0v) is 6.47. The van der Waals surface area contributed by atoms with Gasteiger partial charge in [-0.1, -0.05) is 0 Å². The number of piperidine rings is 1. The molecule has 0 unspecified atom stereocenters. The van der Waals surface area contributed by atoms with Gasteiger partial charge in [0.1, 0.15) is 0 Å². The Morgan fingerprint density at radius 3 is 2.33 bits per heavy atom. The molecule has 0 spiro atoms. The van der Waals surface area contributed by atoms with Gasteiger partial charge in [0.2, 0.25) is 6.04 Å². The van der Waals surface area contributed by atoms with Gasteiger partial charge in [0.05, 0.1) is 0 Å². The summed E-state index contributed by atoms with van der Waals surface area (Å²) in [5, 5.41) is 18.8. The number of nitro groups is 1. The summed E-state index contributed by atoms with van der Waals surface area (Å²) in [5.41, 5.74) is 0. The highest BCUT2D eigenvalue weighted by Crippen LogP contribution is 2.12. The Bertz CT molecular complexity index is 176. The number of nitrogens with zero attached hydrogens (tertiary/aromatic N) is 2. The topological polar surface area (TPSA) is 83.7 Å². The third-order valence-corrected chi connectivity index (χ3v) is 2.03. The molecule has 0 aromatic heterocycles. The minimum Gasteiger partial charge on any atom is -0.465 e. The second-order valence-electron chi connectivity index (χ2n) is 2.79. The number of rotatable bonds is 1. The van der Waals surface area contributed by atoms with E-state index in [1.165, 1.54) is 4.90 Å². The second kappa shape index (κ2) is 3.38. The smallest absolute Gasteiger partial charge is 0.407 e. The molecule has 1 amide bonds. The molecule has 0 saturated carbocycles. The van der Waals surface area contributed by atoms with Gasteiger partial charge >= 0.3 is 6.09 Å². The van der Waals surface area contributed by atoms with Crippen molar-refractivity contribution in [2.45, 2.75) is 18.9 Å². The fraction of sp³-hybridized carbons (Fsp3) is 0.833. The van der Waals surface area contributed by atoms with Gasteiger partial charge in [0.25, 0.3) is 0 Å². The number of hydrogen-bond acceptors (Lipinski definition) is 3. The molecule has 12 heavy (non-hydrogen) atoms. The van der Waals surface area contributed by atoms with Crippen LogP contribution in [-0.4, -0.2) is 40.2 Å². The van der Waals surface area contributed by atoms with E-state index in [2.05, 4.69) is 0 Å². The molecule has 1 N–H and O–H groups in total. The Labute approximate surface area is 68.9 Å². The Balaban J connectivity index is 2.39. The summed E-state index contributed by atoms with van der Waals surface area (Å²) >= 11 is 0. The minimum atomic E-state index is -0.989. The van der Waals surface area contributed by atoms with Crippen LogP contribution in [0.25, 0.3) is 0 Å². The van der Waals surface area contributed by atoms with Crippen LogP contribution in [0.3, 0.4) is 0 Å². The van der Waals surface area contributed by atoms with Crippen molar-refractivity contribution in [1.29, 1.82) is 0 Å². The lowest BCUT2D eigenvalue weighted by Crippen LogP contribution is -2.41. The normalized spacial score (nSPS) is 19.2. The zero-order valence-electron chi connectivity index (χ0n) is 6.47. The lowest BCUT2D eigenvalue weighted by atomic mass is 10.1. The van der Waals surface area contributed by atoms with E-state index in [1.54, 1.807) is 0 Å². The van der Waals surface area contributed by atoms with E-state index in [-0.39, 0.29) is 18.0 Å². The molecule has 0 aliphatic carbocycles. The van der Waals surface area contributed by atoms with Crippen LogP contribution in [0.1, 0.15) is 12.8 Å². The minimum absolute atomic E-state index is 0.279. The van der Waals surface area contributed by atoms with Crippen molar-refractivity contribution in [2.75, 3.05) is 13.1 Å². The molecule has 0 bridgehead atoms. The molecule has 0 radical (unpaired) electrons. The summed E-state index contributed by atoms with van der Waals surface area (Å²) in [6.45, 7) is 0.557. The lowest BCUT2D eigenvalue weighted by Gasteiger charge is -2.25. The zero-order chi connectivity index (χ0) is 9.14. The third-order valence-electron chi connectivity index (χ3n) is 2.03. The fourth-order valence-corrected chi connectivity index (χ4v) is 1.27. The molecule has 1 saturated heterocycles. The maximum absolute atomic E-state index is 10.4. The number of amides is 1. The van der Waals surface area contributed by atoms with Crippen molar-refractivity contribution >= 4 is 6.09 Å². The Morgan fingerprint density at radius 1 is 1.50 bits per heavy atom. The van der Waals surface area contributed by atoms with Crippen LogP contribution in [-0.2, 0) is 0 Å². The molecular weight excluding hydrogens is 164 g/mol. The standard InChI is InChI=1S/C6H10N2O4/c9-6(10)7-3-1-5(2-4-7)8(11)12/h5H,1-4H2,(H,9,10). The summed E-state index contributed by atoms with van der Waals surface area (Å²) in [6.07, 6.45) is -0.324. The summed E-state index contributed by atoms with van der Waals surface area (Å²) in [5.74, 6) is 0. The summed E-state index contributed by atoms with van der Waals surface area (Å²) < 4.78 is 0. The fourth-order valence-electron chi connectivity index (χ4n) is 1.27. The molecule has 1 heterocycles. The molecule has 1 rings (SSSR count). The largest absolute Gasteiger partial charge is 0.465 e. The number of likely N-dealkylation sites (tertiary alicyclic amines) is 1. The molecule has 6 nitrogen and oxygen atoms in total. The van der Waals surface area contributed by atoms with Gasteiger partial charge in [-0.2, -0.15) is 0 Å². The van der Waals surface area contributed by atoms with Crippen molar-refractivity contribution in [3.05, 3.63) is 10.1 Å². The average Bonchev–Trinajstić information content (AvgIpc) is 2.04. The molecule has 68 valence electrons. The molecular formula is C6H10N2O4. The highest BCUT2D eigenvalue weighted by molar-refractivity contribution is 5.64.